The molecule has 0 atom stereocenters. The summed E-state index contributed by atoms with van der Waals surface area (Å²) < 4.78 is 1.88. The van der Waals surface area contributed by atoms with E-state index >= 15 is 0 Å². The molecule has 2 aromatic rings. The normalized spacial score (nSPS) is 10.5. The van der Waals surface area contributed by atoms with Gasteiger partial charge < -0.3 is 4.90 Å². The first kappa shape index (κ1) is 13.8. The molecule has 0 saturated carbocycles. The van der Waals surface area contributed by atoms with Gasteiger partial charge in [-0.3, -0.25) is 0 Å². The summed E-state index contributed by atoms with van der Waals surface area (Å²) in [5.74, 6) is 0. The molecule has 1 aromatic carbocycles. The average Bonchev–Trinajstić information content (AvgIpc) is 2.46. The van der Waals surface area contributed by atoms with E-state index in [-0.39, 0.29) is 0 Å². The zero-order valence-electron chi connectivity index (χ0n) is 12.0. The molecule has 0 aliphatic carbocycles. The molecule has 0 spiro atoms. The van der Waals surface area contributed by atoms with Gasteiger partial charge in [-0.2, -0.15) is 5.26 Å². The van der Waals surface area contributed by atoms with E-state index in [1.165, 1.54) is 5.69 Å². The van der Waals surface area contributed by atoms with Crippen LogP contribution in [0.5, 0.6) is 0 Å². The molecule has 0 radical (unpaired) electrons. The van der Waals surface area contributed by atoms with E-state index in [2.05, 4.69) is 35.2 Å². The minimum Gasteiger partial charge on any atom is -0.378 e. The molecule has 0 fully saturated rings. The number of aromatic nitrogens is 1. The monoisotopic (exact) mass is 264 g/mol. The number of nitriles is 1. The van der Waals surface area contributed by atoms with Crippen LogP contribution in [0.2, 0.25) is 0 Å². The fourth-order valence-electron chi connectivity index (χ4n) is 1.92. The van der Waals surface area contributed by atoms with Crippen LogP contribution in [0.4, 0.5) is 5.69 Å². The van der Waals surface area contributed by atoms with Crippen molar-refractivity contribution in [3.05, 3.63) is 59.4 Å². The van der Waals surface area contributed by atoms with Crippen molar-refractivity contribution in [2.75, 3.05) is 19.0 Å². The van der Waals surface area contributed by atoms with Crippen molar-refractivity contribution in [3.63, 3.8) is 0 Å². The molecule has 0 saturated heterocycles. The van der Waals surface area contributed by atoms with E-state index in [9.17, 15) is 0 Å². The molecule has 0 aliphatic heterocycles. The molecule has 2 rings (SSSR count). The highest BCUT2D eigenvalue weighted by molar-refractivity contribution is 5.72. The van der Waals surface area contributed by atoms with Crippen molar-refractivity contribution in [1.82, 2.24) is 0 Å². The molecule has 0 amide bonds. The molecular formula is C17H18N3+. The maximum atomic E-state index is 9.13. The summed E-state index contributed by atoms with van der Waals surface area (Å²) >= 11 is 0. The molecule has 0 bridgehead atoms. The Morgan fingerprint density at radius 1 is 1.10 bits per heavy atom. The van der Waals surface area contributed by atoms with Crippen LogP contribution < -0.4 is 9.47 Å². The minimum absolute atomic E-state index is 0.677. The third-order valence-electron chi connectivity index (χ3n) is 3.12. The molecule has 0 aliphatic rings. The second-order valence-corrected chi connectivity index (χ2v) is 4.91. The summed E-state index contributed by atoms with van der Waals surface area (Å²) in [5.41, 5.74) is 3.90. The minimum atomic E-state index is 0.677. The molecule has 3 heteroatoms. The van der Waals surface area contributed by atoms with Gasteiger partial charge in [0, 0.05) is 31.4 Å². The zero-order chi connectivity index (χ0) is 14.5. The Labute approximate surface area is 120 Å². The van der Waals surface area contributed by atoms with Crippen LogP contribution in [0.25, 0.3) is 12.2 Å². The average molecular weight is 264 g/mol. The Bertz CT molecular complexity index is 662. The fourth-order valence-corrected chi connectivity index (χ4v) is 1.92. The van der Waals surface area contributed by atoms with E-state index in [4.69, 9.17) is 5.26 Å². The second kappa shape index (κ2) is 6.03. The molecule has 1 aromatic heterocycles. The molecule has 100 valence electrons. The Morgan fingerprint density at radius 3 is 2.40 bits per heavy atom. The van der Waals surface area contributed by atoms with E-state index in [0.717, 1.165) is 11.1 Å². The van der Waals surface area contributed by atoms with Gasteiger partial charge in [0.25, 0.3) is 0 Å². The van der Waals surface area contributed by atoms with Crippen molar-refractivity contribution in [2.45, 2.75) is 0 Å². The Balaban J connectivity index is 2.23. The third-order valence-corrected chi connectivity index (χ3v) is 3.12. The number of hydrogen-bond acceptors (Lipinski definition) is 2. The summed E-state index contributed by atoms with van der Waals surface area (Å²) in [6.07, 6.45) is 7.77. The van der Waals surface area contributed by atoms with Gasteiger partial charge in [0.1, 0.15) is 18.7 Å². The number of rotatable bonds is 3. The standard InChI is InChI=1S/C17H18N3/c1-19(2)17-8-5-14(6-9-17)4-7-15-10-11-20(3)13-16(15)12-18/h4-11,13H,1-3H3/q+1. The van der Waals surface area contributed by atoms with Gasteiger partial charge in [0.2, 0.25) is 0 Å². The maximum absolute atomic E-state index is 9.13. The number of nitrogens with zero attached hydrogens (tertiary/aromatic N) is 3. The highest BCUT2D eigenvalue weighted by Gasteiger charge is 2.03. The van der Waals surface area contributed by atoms with E-state index in [1.807, 2.05) is 56.3 Å². The summed E-state index contributed by atoms with van der Waals surface area (Å²) in [6.45, 7) is 0. The molecule has 1 heterocycles. The van der Waals surface area contributed by atoms with Crippen LogP contribution in [-0.4, -0.2) is 14.1 Å². The highest BCUT2D eigenvalue weighted by atomic mass is 15.1. The van der Waals surface area contributed by atoms with Gasteiger partial charge in [0.15, 0.2) is 12.4 Å². The van der Waals surface area contributed by atoms with Crippen LogP contribution in [0.3, 0.4) is 0 Å². The number of aryl methyl sites for hydroxylation is 1. The predicted molar refractivity (Wildman–Crippen MR) is 82.0 cm³/mol. The third kappa shape index (κ3) is 3.24. The first-order valence-electron chi connectivity index (χ1n) is 6.45. The lowest BCUT2D eigenvalue weighted by atomic mass is 10.1. The highest BCUT2D eigenvalue weighted by Crippen LogP contribution is 2.15. The maximum Gasteiger partial charge on any atom is 0.187 e. The summed E-state index contributed by atoms with van der Waals surface area (Å²) in [6, 6.07) is 12.5. The van der Waals surface area contributed by atoms with Crippen LogP contribution >= 0.6 is 0 Å². The van der Waals surface area contributed by atoms with E-state index < -0.39 is 0 Å². The van der Waals surface area contributed by atoms with Crippen molar-refractivity contribution in [1.29, 1.82) is 5.26 Å². The quantitative estimate of drug-likeness (QED) is 0.798. The zero-order valence-corrected chi connectivity index (χ0v) is 12.0. The Kier molecular flexibility index (Phi) is 4.17. The van der Waals surface area contributed by atoms with Crippen LogP contribution in [-0.2, 0) is 7.05 Å². The van der Waals surface area contributed by atoms with Crippen LogP contribution in [0.15, 0.2) is 42.7 Å². The predicted octanol–water partition coefficient (Wildman–Crippen LogP) is 2.62. The Morgan fingerprint density at radius 2 is 1.80 bits per heavy atom. The molecule has 0 N–H and O–H groups in total. The SMILES string of the molecule is CN(C)c1ccc(/C=C/c2cc[n+](C)cc2C#N)cc1. The summed E-state index contributed by atoms with van der Waals surface area (Å²) in [7, 11) is 5.95. The van der Waals surface area contributed by atoms with Gasteiger partial charge in [-0.1, -0.05) is 24.3 Å². The summed E-state index contributed by atoms with van der Waals surface area (Å²) in [5, 5.41) is 9.13. The topological polar surface area (TPSA) is 30.9 Å². The molecule has 0 unspecified atom stereocenters. The van der Waals surface area contributed by atoms with Crippen molar-refractivity contribution >= 4 is 17.8 Å². The van der Waals surface area contributed by atoms with E-state index in [0.29, 0.717) is 5.56 Å². The van der Waals surface area contributed by atoms with Crippen molar-refractivity contribution < 1.29 is 4.57 Å². The lowest BCUT2D eigenvalue weighted by Crippen LogP contribution is -2.27. The number of benzene rings is 1. The summed E-state index contributed by atoms with van der Waals surface area (Å²) in [4.78, 5) is 2.07. The Hall–Kier alpha value is -2.60. The second-order valence-electron chi connectivity index (χ2n) is 4.91. The lowest BCUT2D eigenvalue weighted by molar-refractivity contribution is -0.671. The van der Waals surface area contributed by atoms with Gasteiger partial charge in [-0.05, 0) is 17.7 Å². The smallest absolute Gasteiger partial charge is 0.187 e. The molecule has 3 nitrogen and oxygen atoms in total. The van der Waals surface area contributed by atoms with Crippen molar-refractivity contribution in [2.24, 2.45) is 7.05 Å². The van der Waals surface area contributed by atoms with Gasteiger partial charge >= 0.3 is 0 Å². The number of hydrogen-bond donors (Lipinski definition) is 0. The van der Waals surface area contributed by atoms with Gasteiger partial charge in [0.05, 0.1) is 0 Å². The number of anilines is 1. The van der Waals surface area contributed by atoms with Gasteiger partial charge in [-0.15, -0.1) is 0 Å². The lowest BCUT2D eigenvalue weighted by Gasteiger charge is -2.11. The number of pyridine rings is 1. The van der Waals surface area contributed by atoms with Crippen molar-refractivity contribution in [3.8, 4) is 6.07 Å². The first-order chi connectivity index (χ1) is 9.60. The largest absolute Gasteiger partial charge is 0.378 e. The first-order valence-corrected chi connectivity index (χ1v) is 6.45. The van der Waals surface area contributed by atoms with Gasteiger partial charge in [-0.25, -0.2) is 4.57 Å². The van der Waals surface area contributed by atoms with Crippen LogP contribution in [0, 0.1) is 11.3 Å². The van der Waals surface area contributed by atoms with E-state index in [1.54, 1.807) is 0 Å². The van der Waals surface area contributed by atoms with Crippen LogP contribution in [0.1, 0.15) is 16.7 Å². The fraction of sp³-hybridized carbons (Fsp3) is 0.176. The molecule has 20 heavy (non-hydrogen) atoms. The molecular weight excluding hydrogens is 246 g/mol.